The molecule has 13 heavy (non-hydrogen) atoms. The van der Waals surface area contributed by atoms with Gasteiger partial charge in [0.15, 0.2) is 0 Å². The number of rotatable bonds is 3. The molecule has 0 spiro atoms. The second kappa shape index (κ2) is 3.01. The molecule has 2 rings (SSSR count). The fraction of sp³-hybridized carbons (Fsp3) is 0.778. The molecular weight excluding hydrogens is 164 g/mol. The number of nitrogens with one attached hydrogen (secondary N) is 1. The van der Waals surface area contributed by atoms with Gasteiger partial charge in [0.25, 0.3) is 0 Å². The largest absolute Gasteiger partial charge is 0.364 e. The van der Waals surface area contributed by atoms with Gasteiger partial charge in [-0.1, -0.05) is 5.21 Å². The summed E-state index contributed by atoms with van der Waals surface area (Å²) in [6, 6.07) is 0. The van der Waals surface area contributed by atoms with E-state index in [0.29, 0.717) is 0 Å². The van der Waals surface area contributed by atoms with E-state index in [1.165, 1.54) is 19.3 Å². The van der Waals surface area contributed by atoms with Crippen LogP contribution in [0.25, 0.3) is 0 Å². The van der Waals surface area contributed by atoms with Gasteiger partial charge in [-0.05, 0) is 33.1 Å². The molecule has 0 unspecified atom stereocenters. The average Bonchev–Trinajstić information content (AvgIpc) is 2.49. The summed E-state index contributed by atoms with van der Waals surface area (Å²) in [6.45, 7) is 5.20. The van der Waals surface area contributed by atoms with E-state index >= 15 is 0 Å². The van der Waals surface area contributed by atoms with Gasteiger partial charge in [0, 0.05) is 12.1 Å². The van der Waals surface area contributed by atoms with Gasteiger partial charge >= 0.3 is 0 Å². The Bertz CT molecular complexity index is 288. The van der Waals surface area contributed by atoms with E-state index in [9.17, 15) is 0 Å². The smallest absolute Gasteiger partial charge is 0.145 e. The van der Waals surface area contributed by atoms with Crippen LogP contribution in [0.2, 0.25) is 0 Å². The second-order valence-electron chi connectivity index (χ2n) is 3.97. The molecule has 4 heteroatoms. The SMILES string of the molecule is CCn1nncc1NC1(C)CCC1. The van der Waals surface area contributed by atoms with Crippen LogP contribution < -0.4 is 5.32 Å². The standard InChI is InChI=1S/C9H16N4/c1-3-13-8(7-10-12-13)11-9(2)5-4-6-9/h7,11H,3-6H2,1-2H3. The summed E-state index contributed by atoms with van der Waals surface area (Å²) in [5.74, 6) is 1.05. The van der Waals surface area contributed by atoms with E-state index in [0.717, 1.165) is 12.4 Å². The lowest BCUT2D eigenvalue weighted by molar-refractivity contribution is 0.304. The molecule has 1 N–H and O–H groups in total. The molecule has 0 radical (unpaired) electrons. The Hall–Kier alpha value is -1.06. The normalized spacial score (nSPS) is 19.5. The maximum absolute atomic E-state index is 3.98. The van der Waals surface area contributed by atoms with Crippen molar-refractivity contribution in [3.05, 3.63) is 6.20 Å². The Labute approximate surface area is 78.3 Å². The van der Waals surface area contributed by atoms with Crippen molar-refractivity contribution >= 4 is 5.82 Å². The van der Waals surface area contributed by atoms with Crippen LogP contribution >= 0.6 is 0 Å². The predicted molar refractivity (Wildman–Crippen MR) is 51.6 cm³/mol. The molecular formula is C9H16N4. The van der Waals surface area contributed by atoms with E-state index in [4.69, 9.17) is 0 Å². The first-order valence-electron chi connectivity index (χ1n) is 4.90. The summed E-state index contributed by atoms with van der Waals surface area (Å²) in [4.78, 5) is 0. The van der Waals surface area contributed by atoms with Crippen molar-refractivity contribution < 1.29 is 0 Å². The molecule has 0 atom stereocenters. The summed E-state index contributed by atoms with van der Waals surface area (Å²) < 4.78 is 1.89. The predicted octanol–water partition coefficient (Wildman–Crippen LogP) is 1.65. The average molecular weight is 180 g/mol. The molecule has 1 aliphatic rings. The van der Waals surface area contributed by atoms with Crippen LogP contribution in [0, 0.1) is 0 Å². The fourth-order valence-corrected chi connectivity index (χ4v) is 1.73. The molecule has 1 heterocycles. The Balaban J connectivity index is 2.08. The van der Waals surface area contributed by atoms with Gasteiger partial charge in [-0.3, -0.25) is 0 Å². The molecule has 4 nitrogen and oxygen atoms in total. The quantitative estimate of drug-likeness (QED) is 0.769. The van der Waals surface area contributed by atoms with Crippen LogP contribution in [0.3, 0.4) is 0 Å². The summed E-state index contributed by atoms with van der Waals surface area (Å²) in [7, 11) is 0. The Morgan fingerprint density at radius 2 is 2.38 bits per heavy atom. The van der Waals surface area contributed by atoms with Crippen LogP contribution in [-0.2, 0) is 6.54 Å². The lowest BCUT2D eigenvalue weighted by atomic mass is 9.78. The number of hydrogen-bond donors (Lipinski definition) is 1. The minimum atomic E-state index is 0.286. The van der Waals surface area contributed by atoms with E-state index in [1.54, 1.807) is 6.20 Å². The second-order valence-corrected chi connectivity index (χ2v) is 3.97. The van der Waals surface area contributed by atoms with Gasteiger partial charge in [-0.25, -0.2) is 4.68 Å². The van der Waals surface area contributed by atoms with Crippen LogP contribution in [-0.4, -0.2) is 20.5 Å². The first-order chi connectivity index (χ1) is 6.23. The van der Waals surface area contributed by atoms with Crippen LogP contribution in [0.15, 0.2) is 6.20 Å². The highest BCUT2D eigenvalue weighted by Crippen LogP contribution is 2.34. The van der Waals surface area contributed by atoms with Gasteiger partial charge in [0.2, 0.25) is 0 Å². The maximum Gasteiger partial charge on any atom is 0.145 e. The van der Waals surface area contributed by atoms with Crippen molar-refractivity contribution in [3.8, 4) is 0 Å². The Morgan fingerprint density at radius 3 is 2.92 bits per heavy atom. The van der Waals surface area contributed by atoms with Crippen molar-refractivity contribution in [1.82, 2.24) is 15.0 Å². The lowest BCUT2D eigenvalue weighted by Gasteiger charge is -2.39. The third kappa shape index (κ3) is 1.53. The van der Waals surface area contributed by atoms with E-state index < -0.39 is 0 Å². The van der Waals surface area contributed by atoms with Gasteiger partial charge in [-0.2, -0.15) is 0 Å². The Kier molecular flexibility index (Phi) is 1.98. The third-order valence-corrected chi connectivity index (χ3v) is 2.80. The van der Waals surface area contributed by atoms with E-state index in [1.807, 2.05) is 4.68 Å². The molecule has 1 aromatic rings. The van der Waals surface area contributed by atoms with Crippen LogP contribution in [0.4, 0.5) is 5.82 Å². The molecule has 0 bridgehead atoms. The molecule has 0 saturated heterocycles. The zero-order chi connectivity index (χ0) is 9.31. The Morgan fingerprint density at radius 1 is 1.62 bits per heavy atom. The van der Waals surface area contributed by atoms with Gasteiger partial charge in [-0.15, -0.1) is 5.10 Å². The highest BCUT2D eigenvalue weighted by Gasteiger charge is 2.32. The molecule has 1 saturated carbocycles. The first-order valence-corrected chi connectivity index (χ1v) is 4.90. The lowest BCUT2D eigenvalue weighted by Crippen LogP contribution is -2.42. The summed E-state index contributed by atoms with van der Waals surface area (Å²) in [5.41, 5.74) is 0.286. The van der Waals surface area contributed by atoms with Crippen LogP contribution in [0.1, 0.15) is 33.1 Å². The van der Waals surface area contributed by atoms with E-state index in [-0.39, 0.29) is 5.54 Å². The monoisotopic (exact) mass is 180 g/mol. The number of anilines is 1. The molecule has 0 aliphatic heterocycles. The van der Waals surface area contributed by atoms with Gasteiger partial charge < -0.3 is 5.32 Å². The third-order valence-electron chi connectivity index (χ3n) is 2.80. The number of aromatic nitrogens is 3. The zero-order valence-corrected chi connectivity index (χ0v) is 8.25. The molecule has 0 amide bonds. The van der Waals surface area contributed by atoms with Crippen LogP contribution in [0.5, 0.6) is 0 Å². The highest BCUT2D eigenvalue weighted by atomic mass is 15.5. The zero-order valence-electron chi connectivity index (χ0n) is 8.25. The summed E-state index contributed by atoms with van der Waals surface area (Å²) in [6.07, 6.45) is 5.63. The molecule has 1 aromatic heterocycles. The minimum absolute atomic E-state index is 0.286. The molecule has 0 aromatic carbocycles. The maximum atomic E-state index is 3.98. The summed E-state index contributed by atoms with van der Waals surface area (Å²) in [5, 5.41) is 11.4. The minimum Gasteiger partial charge on any atom is -0.364 e. The molecule has 72 valence electrons. The number of hydrogen-bond acceptors (Lipinski definition) is 3. The van der Waals surface area contributed by atoms with Crippen molar-refractivity contribution in [2.75, 3.05) is 5.32 Å². The topological polar surface area (TPSA) is 42.7 Å². The number of nitrogens with zero attached hydrogens (tertiary/aromatic N) is 3. The van der Waals surface area contributed by atoms with Crippen molar-refractivity contribution in [2.24, 2.45) is 0 Å². The summed E-state index contributed by atoms with van der Waals surface area (Å²) >= 11 is 0. The first kappa shape index (κ1) is 8.53. The van der Waals surface area contributed by atoms with Crippen molar-refractivity contribution in [1.29, 1.82) is 0 Å². The van der Waals surface area contributed by atoms with Gasteiger partial charge in [0.1, 0.15) is 5.82 Å². The van der Waals surface area contributed by atoms with E-state index in [2.05, 4.69) is 29.5 Å². The molecule has 1 fully saturated rings. The van der Waals surface area contributed by atoms with Crippen molar-refractivity contribution in [2.45, 2.75) is 45.2 Å². The number of aryl methyl sites for hydroxylation is 1. The van der Waals surface area contributed by atoms with Crippen molar-refractivity contribution in [3.63, 3.8) is 0 Å². The van der Waals surface area contributed by atoms with Gasteiger partial charge in [0.05, 0.1) is 6.20 Å². The molecule has 1 aliphatic carbocycles. The highest BCUT2D eigenvalue weighted by molar-refractivity contribution is 5.35. The fourth-order valence-electron chi connectivity index (χ4n) is 1.73.